The number of ether oxygens (including phenoxy) is 2. The molecule has 0 N–H and O–H groups in total. The van der Waals surface area contributed by atoms with Crippen molar-refractivity contribution < 1.29 is 9.47 Å². The predicted molar refractivity (Wildman–Crippen MR) is 115 cm³/mol. The fraction of sp³-hybridized carbons (Fsp3) is 0.348. The summed E-state index contributed by atoms with van der Waals surface area (Å²) in [5.74, 6) is 1.36. The molecule has 3 aliphatic rings. The van der Waals surface area contributed by atoms with E-state index < -0.39 is 5.79 Å². The van der Waals surface area contributed by atoms with Crippen LogP contribution in [0.1, 0.15) is 35.1 Å². The summed E-state index contributed by atoms with van der Waals surface area (Å²) in [6, 6.07) is 10.1. The monoisotopic (exact) mass is 435 g/mol. The van der Waals surface area contributed by atoms with Crippen LogP contribution in [0.15, 0.2) is 55.2 Å². The minimum Gasteiger partial charge on any atom is -0.456 e. The number of nitrogens with zero attached hydrogens (tertiary/aromatic N) is 5. The zero-order valence-electron chi connectivity index (χ0n) is 16.9. The average Bonchev–Trinajstić information content (AvgIpc) is 3.49. The van der Waals surface area contributed by atoms with Crippen LogP contribution >= 0.6 is 11.6 Å². The normalized spacial score (nSPS) is 21.4. The van der Waals surface area contributed by atoms with Gasteiger partial charge in [-0.25, -0.2) is 0 Å². The maximum absolute atomic E-state index is 6.34. The standard InChI is InChI=1S/C23H22ClN5O2/c24-19-3-4-20-18(10-19)11-23(30-8-9-31-23)12-21-26-27-22(29(20)21)17-5-7-28(15-17)14-16-2-1-6-25-13-16/h1-4,6,8-10,13,17H,5,7,11-12,14-15H2. The lowest BCUT2D eigenvalue weighted by molar-refractivity contribution is -0.139. The molecule has 1 unspecified atom stereocenters. The minimum absolute atomic E-state index is 0.305. The van der Waals surface area contributed by atoms with Gasteiger partial charge in [0.05, 0.1) is 18.5 Å². The first kappa shape index (κ1) is 18.8. The molecule has 1 aromatic carbocycles. The minimum atomic E-state index is -0.792. The van der Waals surface area contributed by atoms with Crippen LogP contribution in [-0.4, -0.2) is 43.5 Å². The van der Waals surface area contributed by atoms with E-state index in [1.807, 2.05) is 30.6 Å². The molecule has 0 amide bonds. The molecule has 2 aromatic heterocycles. The van der Waals surface area contributed by atoms with Crippen molar-refractivity contribution in [3.05, 3.63) is 83.0 Å². The summed E-state index contributed by atoms with van der Waals surface area (Å²) in [5.41, 5.74) is 3.36. The molecule has 7 nitrogen and oxygen atoms in total. The van der Waals surface area contributed by atoms with Gasteiger partial charge in [0.15, 0.2) is 0 Å². The first-order chi connectivity index (χ1) is 15.2. The molecule has 8 heteroatoms. The maximum Gasteiger partial charge on any atom is 0.260 e. The van der Waals surface area contributed by atoms with Gasteiger partial charge in [-0.05, 0) is 48.4 Å². The van der Waals surface area contributed by atoms with Gasteiger partial charge in [0.1, 0.15) is 24.2 Å². The van der Waals surface area contributed by atoms with Gasteiger partial charge in [0.2, 0.25) is 0 Å². The molecule has 0 bridgehead atoms. The van der Waals surface area contributed by atoms with Crippen molar-refractivity contribution in [2.24, 2.45) is 0 Å². The maximum atomic E-state index is 6.34. The van der Waals surface area contributed by atoms with Crippen LogP contribution in [0.25, 0.3) is 5.69 Å². The number of pyridine rings is 1. The summed E-state index contributed by atoms with van der Waals surface area (Å²) in [6.45, 7) is 2.86. The summed E-state index contributed by atoms with van der Waals surface area (Å²) in [4.78, 5) is 6.69. The molecule has 158 valence electrons. The van der Waals surface area contributed by atoms with E-state index in [1.165, 1.54) is 5.56 Å². The molecule has 0 aliphatic carbocycles. The van der Waals surface area contributed by atoms with E-state index in [1.54, 1.807) is 12.5 Å². The summed E-state index contributed by atoms with van der Waals surface area (Å²) in [5, 5.41) is 9.92. The Morgan fingerprint density at radius 1 is 1.13 bits per heavy atom. The lowest BCUT2D eigenvalue weighted by atomic mass is 10.0. The fourth-order valence-electron chi connectivity index (χ4n) is 4.91. The number of rotatable bonds is 3. The van der Waals surface area contributed by atoms with Crippen LogP contribution in [0, 0.1) is 0 Å². The number of aromatic nitrogens is 4. The highest BCUT2D eigenvalue weighted by molar-refractivity contribution is 6.30. The zero-order valence-corrected chi connectivity index (χ0v) is 17.7. The molecule has 1 spiro atoms. The quantitative estimate of drug-likeness (QED) is 0.626. The van der Waals surface area contributed by atoms with Crippen molar-refractivity contribution in [2.45, 2.75) is 37.5 Å². The van der Waals surface area contributed by atoms with E-state index in [9.17, 15) is 0 Å². The molecule has 1 fully saturated rings. The van der Waals surface area contributed by atoms with E-state index in [0.29, 0.717) is 23.8 Å². The van der Waals surface area contributed by atoms with Gasteiger partial charge in [-0.2, -0.15) is 0 Å². The van der Waals surface area contributed by atoms with E-state index in [-0.39, 0.29) is 0 Å². The van der Waals surface area contributed by atoms with Crippen LogP contribution < -0.4 is 0 Å². The number of fused-ring (bicyclic) bond motifs is 3. The van der Waals surface area contributed by atoms with Gasteiger partial charge in [0, 0.05) is 36.4 Å². The topological polar surface area (TPSA) is 65.3 Å². The molecule has 5 heterocycles. The predicted octanol–water partition coefficient (Wildman–Crippen LogP) is 3.62. The van der Waals surface area contributed by atoms with Gasteiger partial charge in [-0.15, -0.1) is 10.2 Å². The highest BCUT2D eigenvalue weighted by Crippen LogP contribution is 2.38. The Morgan fingerprint density at radius 2 is 2.03 bits per heavy atom. The molecule has 31 heavy (non-hydrogen) atoms. The lowest BCUT2D eigenvalue weighted by Gasteiger charge is -2.25. The van der Waals surface area contributed by atoms with Crippen molar-refractivity contribution in [3.63, 3.8) is 0 Å². The Hall–Kier alpha value is -2.90. The van der Waals surface area contributed by atoms with Gasteiger partial charge in [-0.3, -0.25) is 14.5 Å². The molecule has 3 aromatic rings. The molecule has 0 saturated carbocycles. The van der Waals surface area contributed by atoms with Gasteiger partial charge >= 0.3 is 0 Å². The molecule has 1 saturated heterocycles. The summed E-state index contributed by atoms with van der Waals surface area (Å²) in [6.07, 6.45) is 9.11. The van der Waals surface area contributed by atoms with Crippen LogP contribution in [-0.2, 0) is 28.9 Å². The number of benzene rings is 1. The van der Waals surface area contributed by atoms with E-state index in [4.69, 9.17) is 21.1 Å². The molecule has 0 radical (unpaired) electrons. The number of likely N-dealkylation sites (tertiary alicyclic amines) is 1. The van der Waals surface area contributed by atoms with Crippen LogP contribution in [0.2, 0.25) is 5.02 Å². The lowest BCUT2D eigenvalue weighted by Crippen LogP contribution is -2.35. The Labute approximate surface area is 185 Å². The van der Waals surface area contributed by atoms with Crippen LogP contribution in [0.3, 0.4) is 0 Å². The third-order valence-electron chi connectivity index (χ3n) is 6.31. The average molecular weight is 436 g/mol. The van der Waals surface area contributed by atoms with Crippen molar-refractivity contribution in [2.75, 3.05) is 13.1 Å². The smallest absolute Gasteiger partial charge is 0.260 e. The Morgan fingerprint density at radius 3 is 2.87 bits per heavy atom. The number of hydrogen-bond donors (Lipinski definition) is 0. The fourth-order valence-corrected chi connectivity index (χ4v) is 5.11. The Bertz CT molecular complexity index is 1140. The third kappa shape index (κ3) is 3.38. The van der Waals surface area contributed by atoms with Crippen LogP contribution in [0.5, 0.6) is 0 Å². The summed E-state index contributed by atoms with van der Waals surface area (Å²) < 4.78 is 14.0. The summed E-state index contributed by atoms with van der Waals surface area (Å²) >= 11 is 6.34. The summed E-state index contributed by atoms with van der Waals surface area (Å²) in [7, 11) is 0. The van der Waals surface area contributed by atoms with Crippen molar-refractivity contribution in [3.8, 4) is 5.69 Å². The van der Waals surface area contributed by atoms with Gasteiger partial charge in [0.25, 0.3) is 5.79 Å². The highest BCUT2D eigenvalue weighted by Gasteiger charge is 2.43. The Kier molecular flexibility index (Phi) is 4.47. The molecule has 1 atom stereocenters. The number of halogens is 1. The van der Waals surface area contributed by atoms with Crippen molar-refractivity contribution in [1.82, 2.24) is 24.6 Å². The van der Waals surface area contributed by atoms with Gasteiger partial charge < -0.3 is 9.47 Å². The first-order valence-electron chi connectivity index (χ1n) is 10.5. The van der Waals surface area contributed by atoms with E-state index in [2.05, 4.69) is 36.8 Å². The molecular weight excluding hydrogens is 414 g/mol. The van der Waals surface area contributed by atoms with Crippen molar-refractivity contribution >= 4 is 11.6 Å². The first-order valence-corrected chi connectivity index (χ1v) is 10.9. The van der Waals surface area contributed by atoms with Crippen molar-refractivity contribution in [1.29, 1.82) is 0 Å². The molecule has 6 rings (SSSR count). The van der Waals surface area contributed by atoms with Crippen LogP contribution in [0.4, 0.5) is 0 Å². The largest absolute Gasteiger partial charge is 0.456 e. The highest BCUT2D eigenvalue weighted by atomic mass is 35.5. The molecule has 3 aliphatic heterocycles. The second-order valence-corrected chi connectivity index (χ2v) is 8.87. The Balaban J connectivity index is 1.34. The zero-order chi connectivity index (χ0) is 20.8. The van der Waals surface area contributed by atoms with E-state index in [0.717, 1.165) is 49.0 Å². The second kappa shape index (κ2) is 7.35. The van der Waals surface area contributed by atoms with Gasteiger partial charge in [-0.1, -0.05) is 17.7 Å². The SMILES string of the molecule is Clc1ccc2c(c1)CC1(Cc3nnc(C4CCN(Cc5cccnc5)C4)n3-2)OC=CO1. The van der Waals surface area contributed by atoms with E-state index >= 15 is 0 Å². The second-order valence-electron chi connectivity index (χ2n) is 8.44. The third-order valence-corrected chi connectivity index (χ3v) is 6.55. The number of hydrogen-bond acceptors (Lipinski definition) is 6. The molecular formula is C23H22ClN5O2.